The van der Waals surface area contributed by atoms with Gasteiger partial charge in [0.1, 0.15) is 11.3 Å². The van der Waals surface area contributed by atoms with Crippen molar-refractivity contribution in [2.24, 2.45) is 5.73 Å². The Kier molecular flexibility index (Phi) is 3.55. The molecular weight excluding hydrogens is 346 g/mol. The van der Waals surface area contributed by atoms with Crippen molar-refractivity contribution in [1.82, 2.24) is 9.55 Å². The number of rotatable bonds is 2. The molecule has 0 aliphatic rings. The average molecular weight is 360 g/mol. The van der Waals surface area contributed by atoms with E-state index in [4.69, 9.17) is 18.0 Å². The monoisotopic (exact) mass is 359 g/mol. The topological polar surface area (TPSA) is 43.8 Å². The number of benzene rings is 2. The van der Waals surface area contributed by atoms with Gasteiger partial charge in [-0.15, -0.1) is 0 Å². The molecule has 0 fully saturated rings. The summed E-state index contributed by atoms with van der Waals surface area (Å²) in [5.74, 6) is 0. The van der Waals surface area contributed by atoms with Crippen molar-refractivity contribution in [3.63, 3.8) is 0 Å². The number of aryl methyl sites for hydroxylation is 2. The minimum Gasteiger partial charge on any atom is -0.389 e. The Morgan fingerprint density at radius 1 is 1.19 bits per heavy atom. The molecule has 5 heteroatoms. The Labute approximate surface area is 136 Å². The van der Waals surface area contributed by atoms with Crippen LogP contribution in [-0.4, -0.2) is 14.5 Å². The highest BCUT2D eigenvalue weighted by Crippen LogP contribution is 2.27. The lowest BCUT2D eigenvalue weighted by atomic mass is 10.1. The largest absolute Gasteiger partial charge is 0.389 e. The zero-order valence-electron chi connectivity index (χ0n) is 11.7. The van der Waals surface area contributed by atoms with Crippen molar-refractivity contribution in [3.8, 4) is 5.69 Å². The molecule has 0 saturated heterocycles. The third kappa shape index (κ3) is 2.47. The van der Waals surface area contributed by atoms with Gasteiger partial charge in [-0.25, -0.2) is 4.98 Å². The van der Waals surface area contributed by atoms with Gasteiger partial charge in [-0.2, -0.15) is 0 Å². The molecule has 0 bridgehead atoms. The zero-order valence-corrected chi connectivity index (χ0v) is 14.1. The molecule has 0 radical (unpaired) electrons. The van der Waals surface area contributed by atoms with Crippen molar-refractivity contribution < 1.29 is 0 Å². The van der Waals surface area contributed by atoms with Crippen molar-refractivity contribution in [1.29, 1.82) is 0 Å². The molecule has 0 aliphatic carbocycles. The first-order valence-electron chi connectivity index (χ1n) is 6.51. The van der Waals surface area contributed by atoms with Gasteiger partial charge >= 0.3 is 0 Å². The maximum atomic E-state index is 5.67. The van der Waals surface area contributed by atoms with E-state index in [2.05, 4.69) is 51.5 Å². The second-order valence-corrected chi connectivity index (χ2v) is 6.36. The van der Waals surface area contributed by atoms with E-state index in [1.54, 1.807) is 0 Å². The van der Waals surface area contributed by atoms with Crippen LogP contribution < -0.4 is 5.73 Å². The normalized spacial score (nSPS) is 11.0. The lowest BCUT2D eigenvalue weighted by molar-refractivity contribution is 1.08. The maximum Gasteiger partial charge on any atom is 0.104 e. The highest BCUT2D eigenvalue weighted by atomic mass is 79.9. The third-order valence-corrected chi connectivity index (χ3v) is 4.53. The summed E-state index contributed by atoms with van der Waals surface area (Å²) in [6, 6.07) is 10.1. The fourth-order valence-corrected chi connectivity index (χ4v) is 3.01. The van der Waals surface area contributed by atoms with Gasteiger partial charge in [0, 0.05) is 10.0 Å². The minimum atomic E-state index is 0.393. The smallest absolute Gasteiger partial charge is 0.104 e. The highest BCUT2D eigenvalue weighted by Gasteiger charge is 2.10. The maximum absolute atomic E-state index is 5.67. The van der Waals surface area contributed by atoms with Crippen LogP contribution in [0.2, 0.25) is 0 Å². The van der Waals surface area contributed by atoms with Crippen LogP contribution in [0, 0.1) is 13.8 Å². The summed E-state index contributed by atoms with van der Waals surface area (Å²) < 4.78 is 3.00. The number of aromatic nitrogens is 2. The Morgan fingerprint density at radius 2 is 1.90 bits per heavy atom. The molecule has 3 rings (SSSR count). The number of nitrogens with zero attached hydrogens (tertiary/aromatic N) is 2. The van der Waals surface area contributed by atoms with E-state index < -0.39 is 0 Å². The predicted octanol–water partition coefficient (Wildman–Crippen LogP) is 4.04. The SMILES string of the molecule is Cc1cc2ncn(-c3ccc(C(N)=S)cc3Br)c2cc1C. The zero-order chi connectivity index (χ0) is 15.1. The van der Waals surface area contributed by atoms with E-state index in [9.17, 15) is 0 Å². The van der Waals surface area contributed by atoms with Crippen molar-refractivity contribution in [2.75, 3.05) is 0 Å². The van der Waals surface area contributed by atoms with Crippen LogP contribution >= 0.6 is 28.1 Å². The molecule has 1 aromatic heterocycles. The van der Waals surface area contributed by atoms with Crippen LogP contribution in [0.25, 0.3) is 16.7 Å². The van der Waals surface area contributed by atoms with Gasteiger partial charge < -0.3 is 5.73 Å². The Bertz CT molecular complexity index is 867. The molecule has 2 N–H and O–H groups in total. The number of hydrogen-bond donors (Lipinski definition) is 1. The molecule has 1 heterocycles. The van der Waals surface area contributed by atoms with Gasteiger partial charge in [0.2, 0.25) is 0 Å². The summed E-state index contributed by atoms with van der Waals surface area (Å²) in [4.78, 5) is 4.88. The molecule has 0 unspecified atom stereocenters. The molecule has 0 amide bonds. The van der Waals surface area contributed by atoms with E-state index in [0.717, 1.165) is 26.8 Å². The first kappa shape index (κ1) is 14.2. The molecule has 106 valence electrons. The average Bonchev–Trinajstić information content (AvgIpc) is 2.82. The van der Waals surface area contributed by atoms with Gasteiger partial charge in [0.05, 0.1) is 16.7 Å². The van der Waals surface area contributed by atoms with Crippen LogP contribution in [0.1, 0.15) is 16.7 Å². The minimum absolute atomic E-state index is 0.393. The molecule has 0 saturated carbocycles. The van der Waals surface area contributed by atoms with Gasteiger partial charge in [-0.3, -0.25) is 4.57 Å². The van der Waals surface area contributed by atoms with E-state index in [1.165, 1.54) is 11.1 Å². The molecule has 0 spiro atoms. The molecule has 0 atom stereocenters. The fourth-order valence-electron chi connectivity index (χ4n) is 2.31. The number of fused-ring (bicyclic) bond motifs is 1. The van der Waals surface area contributed by atoms with Crippen LogP contribution in [0.3, 0.4) is 0 Å². The third-order valence-electron chi connectivity index (χ3n) is 3.65. The summed E-state index contributed by atoms with van der Waals surface area (Å²) >= 11 is 8.60. The number of nitrogens with two attached hydrogens (primary N) is 1. The number of halogens is 1. The molecule has 2 aromatic carbocycles. The lowest BCUT2D eigenvalue weighted by Gasteiger charge is -2.09. The van der Waals surface area contributed by atoms with Crippen molar-refractivity contribution in [3.05, 3.63) is 57.8 Å². The molecule has 3 aromatic rings. The molecular formula is C16H14BrN3S. The van der Waals surface area contributed by atoms with Crippen LogP contribution in [0.15, 0.2) is 41.1 Å². The first-order valence-corrected chi connectivity index (χ1v) is 7.71. The summed E-state index contributed by atoms with van der Waals surface area (Å²) in [6.07, 6.45) is 1.84. The van der Waals surface area contributed by atoms with E-state index >= 15 is 0 Å². The number of hydrogen-bond acceptors (Lipinski definition) is 2. The van der Waals surface area contributed by atoms with Crippen LogP contribution in [0.5, 0.6) is 0 Å². The summed E-state index contributed by atoms with van der Waals surface area (Å²) in [5.41, 5.74) is 12.1. The van der Waals surface area contributed by atoms with Gasteiger partial charge in [0.15, 0.2) is 0 Å². The predicted molar refractivity (Wildman–Crippen MR) is 94.1 cm³/mol. The Hall–Kier alpha value is -1.72. The summed E-state index contributed by atoms with van der Waals surface area (Å²) in [5, 5.41) is 0. The number of thiocarbonyl (C=S) groups is 1. The lowest BCUT2D eigenvalue weighted by Crippen LogP contribution is -2.09. The quantitative estimate of drug-likeness (QED) is 0.702. The van der Waals surface area contributed by atoms with Crippen LogP contribution in [0.4, 0.5) is 0 Å². The van der Waals surface area contributed by atoms with Gasteiger partial charge in [-0.05, 0) is 71.2 Å². The molecule has 3 nitrogen and oxygen atoms in total. The fraction of sp³-hybridized carbons (Fsp3) is 0.125. The Morgan fingerprint density at radius 3 is 2.57 bits per heavy atom. The van der Waals surface area contributed by atoms with Crippen LogP contribution in [-0.2, 0) is 0 Å². The Balaban J connectivity index is 2.21. The second kappa shape index (κ2) is 5.24. The van der Waals surface area contributed by atoms with E-state index in [0.29, 0.717) is 4.99 Å². The van der Waals surface area contributed by atoms with E-state index in [-0.39, 0.29) is 0 Å². The summed E-state index contributed by atoms with van der Waals surface area (Å²) in [6.45, 7) is 4.21. The van der Waals surface area contributed by atoms with E-state index in [1.807, 2.05) is 24.5 Å². The summed E-state index contributed by atoms with van der Waals surface area (Å²) in [7, 11) is 0. The first-order chi connectivity index (χ1) is 9.97. The standard InChI is InChI=1S/C16H14BrN3S/c1-9-5-13-15(6-10(9)2)20(8-19-13)14-4-3-11(16(18)21)7-12(14)17/h3-8H,1-2H3,(H2,18,21). The van der Waals surface area contributed by atoms with Gasteiger partial charge in [0.25, 0.3) is 0 Å². The van der Waals surface area contributed by atoms with Gasteiger partial charge in [-0.1, -0.05) is 12.2 Å². The molecule has 0 aliphatic heterocycles. The van der Waals surface area contributed by atoms with Crippen molar-refractivity contribution in [2.45, 2.75) is 13.8 Å². The number of imidazole rings is 1. The highest BCUT2D eigenvalue weighted by molar-refractivity contribution is 9.10. The van der Waals surface area contributed by atoms with Crippen molar-refractivity contribution >= 4 is 44.2 Å². The second-order valence-electron chi connectivity index (χ2n) is 5.07. The molecule has 21 heavy (non-hydrogen) atoms.